The van der Waals surface area contributed by atoms with E-state index in [1.807, 2.05) is 6.92 Å². The van der Waals surface area contributed by atoms with Gasteiger partial charge in [-0.2, -0.15) is 0 Å². The van der Waals surface area contributed by atoms with Crippen LogP contribution >= 0.6 is 0 Å². The quantitative estimate of drug-likeness (QED) is 0.819. The zero-order chi connectivity index (χ0) is 13.1. The van der Waals surface area contributed by atoms with Crippen LogP contribution in [0.5, 0.6) is 0 Å². The van der Waals surface area contributed by atoms with E-state index in [0.29, 0.717) is 12.2 Å². The maximum absolute atomic E-state index is 11.8. The molecular formula is C11H15N3O4. The predicted octanol–water partition coefficient (Wildman–Crippen LogP) is 0.537. The lowest BCUT2D eigenvalue weighted by atomic mass is 9.99. The van der Waals surface area contributed by atoms with E-state index in [0.717, 1.165) is 0 Å². The molecule has 2 atom stereocenters. The minimum Gasteiger partial charge on any atom is -0.481 e. The van der Waals surface area contributed by atoms with Gasteiger partial charge < -0.3 is 19.8 Å². The number of nitrogens with zero attached hydrogens (tertiary/aromatic N) is 2. The molecule has 0 spiro atoms. The average molecular weight is 253 g/mol. The third kappa shape index (κ3) is 2.61. The molecule has 1 aromatic rings. The number of urea groups is 1. The Kier molecular flexibility index (Phi) is 3.50. The molecule has 1 aliphatic heterocycles. The number of aromatic nitrogens is 1. The molecule has 1 saturated heterocycles. The van der Waals surface area contributed by atoms with Gasteiger partial charge in [-0.05, 0) is 5.92 Å². The van der Waals surface area contributed by atoms with E-state index >= 15 is 0 Å². The molecule has 1 aliphatic rings. The Bertz CT molecular complexity index is 432. The summed E-state index contributed by atoms with van der Waals surface area (Å²) in [4.78, 5) is 24.3. The Morgan fingerprint density at radius 2 is 2.39 bits per heavy atom. The van der Waals surface area contributed by atoms with Crippen molar-refractivity contribution in [3.8, 4) is 0 Å². The smallest absolute Gasteiger partial charge is 0.317 e. The van der Waals surface area contributed by atoms with Crippen LogP contribution in [0.2, 0.25) is 0 Å². The maximum atomic E-state index is 11.8. The van der Waals surface area contributed by atoms with Crippen LogP contribution in [0, 0.1) is 11.8 Å². The molecule has 0 bridgehead atoms. The van der Waals surface area contributed by atoms with Gasteiger partial charge in [-0.15, -0.1) is 0 Å². The van der Waals surface area contributed by atoms with Crippen LogP contribution in [-0.2, 0) is 11.3 Å². The normalized spacial score (nSPS) is 23.1. The highest BCUT2D eigenvalue weighted by molar-refractivity contribution is 5.77. The number of likely N-dealkylation sites (tertiary alicyclic amines) is 1. The topological polar surface area (TPSA) is 95.7 Å². The van der Waals surface area contributed by atoms with Crippen molar-refractivity contribution in [3.05, 3.63) is 18.0 Å². The highest BCUT2D eigenvalue weighted by Gasteiger charge is 2.36. The molecular weight excluding hydrogens is 238 g/mol. The summed E-state index contributed by atoms with van der Waals surface area (Å²) in [5.41, 5.74) is 0.630. The third-order valence-corrected chi connectivity index (χ3v) is 3.13. The molecule has 0 unspecified atom stereocenters. The summed E-state index contributed by atoms with van der Waals surface area (Å²) in [6, 6.07) is 1.39. The number of hydrogen-bond donors (Lipinski definition) is 2. The lowest BCUT2D eigenvalue weighted by Gasteiger charge is -2.16. The molecule has 0 saturated carbocycles. The van der Waals surface area contributed by atoms with Crippen LogP contribution < -0.4 is 5.32 Å². The Morgan fingerprint density at radius 3 is 2.94 bits per heavy atom. The van der Waals surface area contributed by atoms with Gasteiger partial charge in [-0.1, -0.05) is 12.1 Å². The summed E-state index contributed by atoms with van der Waals surface area (Å²) in [5.74, 6) is -1.36. The minimum atomic E-state index is -0.852. The van der Waals surface area contributed by atoms with Crippen molar-refractivity contribution in [3.63, 3.8) is 0 Å². The molecule has 2 rings (SSSR count). The Balaban J connectivity index is 1.85. The zero-order valence-electron chi connectivity index (χ0n) is 10.00. The first kappa shape index (κ1) is 12.4. The van der Waals surface area contributed by atoms with Gasteiger partial charge in [0.1, 0.15) is 12.0 Å². The number of carboxylic acids is 1. The molecule has 2 amide bonds. The molecule has 0 radical (unpaired) electrons. The number of nitrogens with one attached hydrogen (secondary N) is 1. The Morgan fingerprint density at radius 1 is 1.61 bits per heavy atom. The first-order valence-electron chi connectivity index (χ1n) is 5.72. The van der Waals surface area contributed by atoms with Crippen molar-refractivity contribution in [2.24, 2.45) is 11.8 Å². The van der Waals surface area contributed by atoms with E-state index < -0.39 is 11.9 Å². The average Bonchev–Trinajstić information content (AvgIpc) is 2.94. The van der Waals surface area contributed by atoms with Crippen molar-refractivity contribution >= 4 is 12.0 Å². The lowest BCUT2D eigenvalue weighted by molar-refractivity contribution is -0.142. The van der Waals surface area contributed by atoms with Crippen LogP contribution in [0.15, 0.2) is 16.9 Å². The summed E-state index contributed by atoms with van der Waals surface area (Å²) in [6.45, 7) is 2.82. The highest BCUT2D eigenvalue weighted by Crippen LogP contribution is 2.22. The van der Waals surface area contributed by atoms with Crippen molar-refractivity contribution in [2.75, 3.05) is 13.1 Å². The van der Waals surface area contributed by atoms with E-state index in [9.17, 15) is 9.59 Å². The molecule has 18 heavy (non-hydrogen) atoms. The predicted molar refractivity (Wildman–Crippen MR) is 60.6 cm³/mol. The molecule has 0 aliphatic carbocycles. The molecule has 98 valence electrons. The maximum Gasteiger partial charge on any atom is 0.317 e. The van der Waals surface area contributed by atoms with Crippen molar-refractivity contribution < 1.29 is 19.2 Å². The van der Waals surface area contributed by atoms with Crippen LogP contribution in [0.25, 0.3) is 0 Å². The number of carbonyl (C=O) groups excluding carboxylic acids is 1. The van der Waals surface area contributed by atoms with E-state index in [4.69, 9.17) is 5.11 Å². The Labute approximate surface area is 104 Å². The summed E-state index contributed by atoms with van der Waals surface area (Å²) in [7, 11) is 0. The number of amides is 2. The molecule has 1 aromatic heterocycles. The van der Waals surface area contributed by atoms with Crippen molar-refractivity contribution in [1.82, 2.24) is 15.4 Å². The number of aliphatic carboxylic acids is 1. The van der Waals surface area contributed by atoms with Crippen LogP contribution in [0.1, 0.15) is 12.6 Å². The molecule has 2 heterocycles. The number of carbonyl (C=O) groups is 2. The second kappa shape index (κ2) is 5.07. The van der Waals surface area contributed by atoms with E-state index in [-0.39, 0.29) is 25.0 Å². The number of hydrogen-bond acceptors (Lipinski definition) is 4. The second-order valence-electron chi connectivity index (χ2n) is 4.48. The first-order chi connectivity index (χ1) is 8.58. The van der Waals surface area contributed by atoms with E-state index in [1.54, 1.807) is 6.07 Å². The van der Waals surface area contributed by atoms with Crippen LogP contribution in [0.3, 0.4) is 0 Å². The number of rotatable bonds is 3. The van der Waals surface area contributed by atoms with Gasteiger partial charge in [0.25, 0.3) is 0 Å². The fraction of sp³-hybridized carbons (Fsp3) is 0.545. The number of carboxylic acid groups (broad SMARTS) is 1. The fourth-order valence-electron chi connectivity index (χ4n) is 2.06. The van der Waals surface area contributed by atoms with E-state index in [2.05, 4.69) is 15.0 Å². The first-order valence-corrected chi connectivity index (χ1v) is 5.72. The van der Waals surface area contributed by atoms with E-state index in [1.165, 1.54) is 11.2 Å². The van der Waals surface area contributed by atoms with Gasteiger partial charge in [0.15, 0.2) is 0 Å². The SMILES string of the molecule is C[C@@H]1CN(C(=O)NCc2ccon2)C[C@H]1C(=O)O. The van der Waals surface area contributed by atoms with Gasteiger partial charge >= 0.3 is 12.0 Å². The highest BCUT2D eigenvalue weighted by atomic mass is 16.5. The molecule has 7 heteroatoms. The van der Waals surface area contributed by atoms with Crippen molar-refractivity contribution in [2.45, 2.75) is 13.5 Å². The van der Waals surface area contributed by atoms with Gasteiger partial charge in [0.2, 0.25) is 0 Å². The molecule has 1 fully saturated rings. The largest absolute Gasteiger partial charge is 0.481 e. The standard InChI is InChI=1S/C11H15N3O4/c1-7-5-14(6-9(7)10(15)16)11(17)12-4-8-2-3-18-13-8/h2-3,7,9H,4-6H2,1H3,(H,12,17)(H,15,16)/t7-,9-/m1/s1. The molecule has 0 aromatic carbocycles. The Hall–Kier alpha value is -2.05. The van der Waals surface area contributed by atoms with Crippen molar-refractivity contribution in [1.29, 1.82) is 0 Å². The monoisotopic (exact) mass is 253 g/mol. The second-order valence-corrected chi connectivity index (χ2v) is 4.48. The zero-order valence-corrected chi connectivity index (χ0v) is 10.00. The summed E-state index contributed by atoms with van der Waals surface area (Å²) in [6.07, 6.45) is 1.43. The van der Waals surface area contributed by atoms with Gasteiger partial charge in [0, 0.05) is 19.2 Å². The molecule has 2 N–H and O–H groups in total. The minimum absolute atomic E-state index is 0.0275. The van der Waals surface area contributed by atoms with Gasteiger partial charge in [-0.3, -0.25) is 4.79 Å². The summed E-state index contributed by atoms with van der Waals surface area (Å²) >= 11 is 0. The molecule has 7 nitrogen and oxygen atoms in total. The fourth-order valence-corrected chi connectivity index (χ4v) is 2.06. The van der Waals surface area contributed by atoms with Gasteiger partial charge in [-0.25, -0.2) is 4.79 Å². The summed E-state index contributed by atoms with van der Waals surface area (Å²) in [5, 5.41) is 15.3. The van der Waals surface area contributed by atoms with Gasteiger partial charge in [0.05, 0.1) is 12.5 Å². The lowest BCUT2D eigenvalue weighted by Crippen LogP contribution is -2.38. The third-order valence-electron chi connectivity index (χ3n) is 3.13. The summed E-state index contributed by atoms with van der Waals surface area (Å²) < 4.78 is 4.65. The van der Waals surface area contributed by atoms with Crippen LogP contribution in [0.4, 0.5) is 4.79 Å². The van der Waals surface area contributed by atoms with Crippen LogP contribution in [-0.4, -0.2) is 40.3 Å².